The predicted octanol–water partition coefficient (Wildman–Crippen LogP) is 3.78. The lowest BCUT2D eigenvalue weighted by Crippen LogP contribution is -2.49. The summed E-state index contributed by atoms with van der Waals surface area (Å²) in [5.41, 5.74) is 4.06. The van der Waals surface area contributed by atoms with E-state index in [0.717, 1.165) is 22.3 Å². The highest BCUT2D eigenvalue weighted by Gasteiger charge is 2.39. The van der Waals surface area contributed by atoms with Crippen LogP contribution in [0.25, 0.3) is 11.1 Å². The molecule has 0 saturated carbocycles. The number of hydrogen-bond acceptors (Lipinski definition) is 4. The number of fused-ring (bicyclic) bond motifs is 3. The maximum absolute atomic E-state index is 14.1. The summed E-state index contributed by atoms with van der Waals surface area (Å²) in [7, 11) is 0. The summed E-state index contributed by atoms with van der Waals surface area (Å²) in [5.74, 6) is -7.19. The number of carbonyl (C=O) groups is 3. The van der Waals surface area contributed by atoms with E-state index in [2.05, 4.69) is 5.32 Å². The summed E-state index contributed by atoms with van der Waals surface area (Å²) in [6.07, 6.45) is -0.877. The van der Waals surface area contributed by atoms with Crippen molar-refractivity contribution in [3.63, 3.8) is 0 Å². The van der Waals surface area contributed by atoms with Crippen LogP contribution in [0, 0.1) is 5.92 Å². The molecule has 0 heterocycles. The van der Waals surface area contributed by atoms with Crippen molar-refractivity contribution in [3.8, 4) is 11.1 Å². The second-order valence-electron chi connectivity index (χ2n) is 7.97. The molecule has 0 aliphatic heterocycles. The third-order valence-electron chi connectivity index (χ3n) is 5.72. The van der Waals surface area contributed by atoms with Gasteiger partial charge >= 0.3 is 18.0 Å². The fourth-order valence-electron chi connectivity index (χ4n) is 3.89. The van der Waals surface area contributed by atoms with Gasteiger partial charge in [-0.2, -0.15) is 8.78 Å². The van der Waals surface area contributed by atoms with Gasteiger partial charge in [-0.05, 0) is 28.2 Å². The third-order valence-corrected chi connectivity index (χ3v) is 5.72. The number of aliphatic carboxylic acids is 1. The van der Waals surface area contributed by atoms with Crippen LogP contribution in [0.4, 0.5) is 13.6 Å². The van der Waals surface area contributed by atoms with Gasteiger partial charge in [-0.1, -0.05) is 61.9 Å². The van der Waals surface area contributed by atoms with E-state index in [1.54, 1.807) is 6.92 Å². The first-order valence-electron chi connectivity index (χ1n) is 10.7. The van der Waals surface area contributed by atoms with E-state index in [0.29, 0.717) is 6.42 Å². The van der Waals surface area contributed by atoms with Crippen molar-refractivity contribution in [1.29, 1.82) is 0 Å². The summed E-state index contributed by atoms with van der Waals surface area (Å²) in [5, 5.41) is 12.8. The van der Waals surface area contributed by atoms with Crippen molar-refractivity contribution in [2.45, 2.75) is 31.6 Å². The van der Waals surface area contributed by atoms with Gasteiger partial charge in [0.1, 0.15) is 6.61 Å². The van der Waals surface area contributed by atoms with Gasteiger partial charge in [-0.15, -0.1) is 0 Å². The summed E-state index contributed by atoms with van der Waals surface area (Å²) < 4.78 is 33.5. The molecule has 2 aromatic carbocycles. The van der Waals surface area contributed by atoms with Crippen LogP contribution < -0.4 is 10.6 Å². The average molecular weight is 460 g/mol. The van der Waals surface area contributed by atoms with E-state index in [4.69, 9.17) is 9.84 Å². The zero-order valence-electron chi connectivity index (χ0n) is 18.1. The van der Waals surface area contributed by atoms with Gasteiger partial charge in [0.15, 0.2) is 0 Å². The van der Waals surface area contributed by atoms with Gasteiger partial charge in [0, 0.05) is 18.9 Å². The highest BCUT2D eigenvalue weighted by molar-refractivity contribution is 5.84. The van der Waals surface area contributed by atoms with Gasteiger partial charge in [0.25, 0.3) is 5.91 Å². The summed E-state index contributed by atoms with van der Waals surface area (Å²) in [4.78, 5) is 34.6. The second kappa shape index (κ2) is 10.4. The number of hydrogen-bond donors (Lipinski definition) is 3. The van der Waals surface area contributed by atoms with Crippen LogP contribution in [0.1, 0.15) is 36.8 Å². The van der Waals surface area contributed by atoms with Crippen molar-refractivity contribution in [2.75, 3.05) is 19.7 Å². The Kier molecular flexibility index (Phi) is 7.63. The molecule has 1 aliphatic carbocycles. The molecule has 0 radical (unpaired) electrons. The number of carboxylic acid groups (broad SMARTS) is 1. The van der Waals surface area contributed by atoms with Crippen LogP contribution in [0.15, 0.2) is 48.5 Å². The number of amides is 2. The summed E-state index contributed by atoms with van der Waals surface area (Å²) in [6, 6.07) is 15.4. The largest absolute Gasteiger partial charge is 0.481 e. The average Bonchev–Trinajstić information content (AvgIpc) is 3.12. The minimum absolute atomic E-state index is 0.0367. The highest BCUT2D eigenvalue weighted by Crippen LogP contribution is 2.44. The summed E-state index contributed by atoms with van der Waals surface area (Å²) >= 11 is 0. The Balaban J connectivity index is 1.51. The molecule has 9 heteroatoms. The third kappa shape index (κ3) is 5.85. The fourth-order valence-corrected chi connectivity index (χ4v) is 3.89. The molecule has 7 nitrogen and oxygen atoms in total. The zero-order valence-corrected chi connectivity index (χ0v) is 18.1. The van der Waals surface area contributed by atoms with Crippen LogP contribution in [0.5, 0.6) is 0 Å². The van der Waals surface area contributed by atoms with E-state index in [-0.39, 0.29) is 25.5 Å². The number of carboxylic acids is 1. The molecule has 2 aromatic rings. The number of nitrogens with one attached hydrogen (secondary N) is 2. The smallest absolute Gasteiger partial charge is 0.407 e. The standard InChI is InChI=1S/C24H26F2N2O5/c1-2-15(11-21(29)30)12-27-22(31)24(25,26)14-28-23(32)33-13-20-18-9-5-3-7-16(18)17-8-4-6-10-19(17)20/h3-10,15,20H,2,11-14H2,1H3,(H,27,31)(H,28,32)(H,29,30). The minimum Gasteiger partial charge on any atom is -0.481 e. The van der Waals surface area contributed by atoms with Crippen molar-refractivity contribution in [2.24, 2.45) is 5.92 Å². The monoisotopic (exact) mass is 460 g/mol. The number of benzene rings is 2. The molecule has 3 N–H and O–H groups in total. The van der Waals surface area contributed by atoms with E-state index in [1.165, 1.54) is 0 Å². The quantitative estimate of drug-likeness (QED) is 0.501. The molecule has 176 valence electrons. The number of alkyl carbamates (subject to hydrolysis) is 1. The molecule has 0 spiro atoms. The van der Waals surface area contributed by atoms with Crippen LogP contribution in [-0.4, -0.2) is 48.7 Å². The number of ether oxygens (including phenoxy) is 1. The first kappa shape index (κ1) is 24.2. The Labute approximate surface area is 190 Å². The number of rotatable bonds is 10. The number of alkyl halides is 2. The first-order valence-corrected chi connectivity index (χ1v) is 10.7. The predicted molar refractivity (Wildman–Crippen MR) is 117 cm³/mol. The maximum Gasteiger partial charge on any atom is 0.407 e. The molecule has 0 bridgehead atoms. The van der Waals surface area contributed by atoms with Crippen molar-refractivity contribution in [1.82, 2.24) is 10.6 Å². The Morgan fingerprint density at radius 1 is 1.03 bits per heavy atom. The van der Waals surface area contributed by atoms with Gasteiger partial charge in [-0.3, -0.25) is 9.59 Å². The van der Waals surface area contributed by atoms with Crippen LogP contribution in [-0.2, 0) is 14.3 Å². The highest BCUT2D eigenvalue weighted by atomic mass is 19.3. The lowest BCUT2D eigenvalue weighted by molar-refractivity contribution is -0.145. The lowest BCUT2D eigenvalue weighted by atomic mass is 9.98. The molecule has 1 atom stereocenters. The van der Waals surface area contributed by atoms with Crippen molar-refractivity contribution >= 4 is 18.0 Å². The molecule has 0 saturated heterocycles. The van der Waals surface area contributed by atoms with Gasteiger partial charge in [0.05, 0.1) is 6.54 Å². The molecular formula is C24H26F2N2O5. The molecule has 1 unspecified atom stereocenters. The number of halogens is 2. The van der Waals surface area contributed by atoms with Crippen molar-refractivity contribution < 1.29 is 33.0 Å². The first-order chi connectivity index (χ1) is 15.7. The van der Waals surface area contributed by atoms with Gasteiger partial charge < -0.3 is 20.5 Å². The topological polar surface area (TPSA) is 105 Å². The van der Waals surface area contributed by atoms with E-state index in [9.17, 15) is 23.2 Å². The molecule has 1 aliphatic rings. The SMILES string of the molecule is CCC(CNC(=O)C(F)(F)CNC(=O)OCC1c2ccccc2-c2ccccc21)CC(=O)O. The minimum atomic E-state index is -3.87. The molecule has 33 heavy (non-hydrogen) atoms. The van der Waals surface area contributed by atoms with Gasteiger partial charge in [-0.25, -0.2) is 4.79 Å². The van der Waals surface area contributed by atoms with E-state index in [1.807, 2.05) is 53.8 Å². The molecule has 0 aromatic heterocycles. The Bertz CT molecular complexity index is 982. The lowest BCUT2D eigenvalue weighted by Gasteiger charge is -2.19. The number of carbonyl (C=O) groups excluding carboxylic acids is 2. The molecular weight excluding hydrogens is 434 g/mol. The zero-order chi connectivity index (χ0) is 24.0. The van der Waals surface area contributed by atoms with Crippen LogP contribution in [0.3, 0.4) is 0 Å². The fraction of sp³-hybridized carbons (Fsp3) is 0.375. The Hall–Kier alpha value is -3.49. The van der Waals surface area contributed by atoms with Crippen molar-refractivity contribution in [3.05, 3.63) is 59.7 Å². The maximum atomic E-state index is 14.1. The Morgan fingerprint density at radius 3 is 2.15 bits per heavy atom. The molecule has 3 rings (SSSR count). The summed E-state index contributed by atoms with van der Waals surface area (Å²) in [6.45, 7) is 0.245. The second-order valence-corrected chi connectivity index (χ2v) is 7.97. The van der Waals surface area contributed by atoms with E-state index < -0.39 is 36.4 Å². The van der Waals surface area contributed by atoms with Crippen LogP contribution >= 0.6 is 0 Å². The molecule has 0 fully saturated rings. The van der Waals surface area contributed by atoms with E-state index >= 15 is 0 Å². The van der Waals surface area contributed by atoms with Gasteiger partial charge in [0.2, 0.25) is 0 Å². The normalized spacial score (nSPS) is 13.5. The molecule has 2 amide bonds. The Morgan fingerprint density at radius 2 is 1.61 bits per heavy atom. The van der Waals surface area contributed by atoms with Crippen LogP contribution in [0.2, 0.25) is 0 Å².